The number of hydrogen-bond acceptors (Lipinski definition) is 3. The molecular formula is C15H24N2O. The van der Waals surface area contributed by atoms with Crippen LogP contribution in [-0.2, 0) is 0 Å². The lowest BCUT2D eigenvalue weighted by Crippen LogP contribution is -2.38. The summed E-state index contributed by atoms with van der Waals surface area (Å²) in [4.78, 5) is 0. The number of para-hydroxylation sites is 1. The summed E-state index contributed by atoms with van der Waals surface area (Å²) < 4.78 is 5.41. The third kappa shape index (κ3) is 3.24. The van der Waals surface area contributed by atoms with Crippen LogP contribution in [0, 0.1) is 0 Å². The first-order valence-corrected chi connectivity index (χ1v) is 6.85. The third-order valence-corrected chi connectivity index (χ3v) is 3.86. The Labute approximate surface area is 110 Å². The second-order valence-corrected chi connectivity index (χ2v) is 5.24. The predicted molar refractivity (Wildman–Crippen MR) is 74.8 cm³/mol. The highest BCUT2D eigenvalue weighted by Crippen LogP contribution is 2.26. The SMILES string of the molecule is COc1ccccc1[C@@H](C)NC1CCC(N)CC1. The highest BCUT2D eigenvalue weighted by atomic mass is 16.5. The monoisotopic (exact) mass is 248 g/mol. The third-order valence-electron chi connectivity index (χ3n) is 3.86. The van der Waals surface area contributed by atoms with E-state index in [1.54, 1.807) is 7.11 Å². The molecule has 0 radical (unpaired) electrons. The lowest BCUT2D eigenvalue weighted by atomic mass is 9.91. The van der Waals surface area contributed by atoms with Crippen LogP contribution in [0.2, 0.25) is 0 Å². The van der Waals surface area contributed by atoms with Gasteiger partial charge in [-0.3, -0.25) is 0 Å². The van der Waals surface area contributed by atoms with Gasteiger partial charge in [-0.1, -0.05) is 18.2 Å². The molecule has 18 heavy (non-hydrogen) atoms. The van der Waals surface area contributed by atoms with Gasteiger partial charge in [0.25, 0.3) is 0 Å². The van der Waals surface area contributed by atoms with E-state index in [9.17, 15) is 0 Å². The van der Waals surface area contributed by atoms with Crippen LogP contribution in [-0.4, -0.2) is 19.2 Å². The number of benzene rings is 1. The minimum Gasteiger partial charge on any atom is -0.496 e. The Kier molecular flexibility index (Phi) is 4.61. The van der Waals surface area contributed by atoms with Crippen molar-refractivity contribution in [1.82, 2.24) is 5.32 Å². The second kappa shape index (κ2) is 6.21. The smallest absolute Gasteiger partial charge is 0.123 e. The van der Waals surface area contributed by atoms with Crippen molar-refractivity contribution >= 4 is 0 Å². The van der Waals surface area contributed by atoms with E-state index in [0.29, 0.717) is 18.1 Å². The molecule has 0 bridgehead atoms. The molecular weight excluding hydrogens is 224 g/mol. The van der Waals surface area contributed by atoms with Gasteiger partial charge >= 0.3 is 0 Å². The van der Waals surface area contributed by atoms with E-state index in [1.165, 1.54) is 18.4 Å². The van der Waals surface area contributed by atoms with Gasteiger partial charge in [0.05, 0.1) is 7.11 Å². The summed E-state index contributed by atoms with van der Waals surface area (Å²) in [5.41, 5.74) is 7.17. The molecule has 1 aliphatic carbocycles. The van der Waals surface area contributed by atoms with Crippen molar-refractivity contribution in [2.45, 2.75) is 50.7 Å². The summed E-state index contributed by atoms with van der Waals surface area (Å²) in [5.74, 6) is 0.963. The van der Waals surface area contributed by atoms with Crippen molar-refractivity contribution in [3.05, 3.63) is 29.8 Å². The van der Waals surface area contributed by atoms with E-state index in [-0.39, 0.29) is 0 Å². The van der Waals surface area contributed by atoms with Gasteiger partial charge in [-0.2, -0.15) is 0 Å². The van der Waals surface area contributed by atoms with Crippen LogP contribution in [0.4, 0.5) is 0 Å². The van der Waals surface area contributed by atoms with Gasteiger partial charge < -0.3 is 15.8 Å². The van der Waals surface area contributed by atoms with E-state index in [2.05, 4.69) is 24.4 Å². The summed E-state index contributed by atoms with van der Waals surface area (Å²) in [6.07, 6.45) is 4.63. The number of nitrogens with two attached hydrogens (primary N) is 1. The average Bonchev–Trinajstić information content (AvgIpc) is 2.41. The summed E-state index contributed by atoms with van der Waals surface area (Å²) >= 11 is 0. The molecule has 100 valence electrons. The van der Waals surface area contributed by atoms with E-state index in [4.69, 9.17) is 10.5 Å². The molecule has 1 aliphatic rings. The number of methoxy groups -OCH3 is 1. The molecule has 3 nitrogen and oxygen atoms in total. The molecule has 1 fully saturated rings. The van der Waals surface area contributed by atoms with Crippen LogP contribution in [0.1, 0.15) is 44.2 Å². The Morgan fingerprint density at radius 3 is 2.56 bits per heavy atom. The first-order valence-electron chi connectivity index (χ1n) is 6.85. The van der Waals surface area contributed by atoms with Crippen LogP contribution in [0.25, 0.3) is 0 Å². The Morgan fingerprint density at radius 2 is 1.89 bits per heavy atom. The molecule has 2 rings (SSSR count). The molecule has 0 unspecified atom stereocenters. The lowest BCUT2D eigenvalue weighted by molar-refractivity contribution is 0.317. The molecule has 0 heterocycles. The Bertz CT molecular complexity index is 373. The summed E-state index contributed by atoms with van der Waals surface area (Å²) in [6, 6.07) is 9.53. The average molecular weight is 248 g/mol. The highest BCUT2D eigenvalue weighted by Gasteiger charge is 2.21. The van der Waals surface area contributed by atoms with Crippen molar-refractivity contribution < 1.29 is 4.74 Å². The van der Waals surface area contributed by atoms with Crippen LogP contribution in [0.15, 0.2) is 24.3 Å². The fraction of sp³-hybridized carbons (Fsp3) is 0.600. The molecule has 1 saturated carbocycles. The molecule has 1 aromatic rings. The minimum atomic E-state index is 0.320. The maximum atomic E-state index is 5.94. The predicted octanol–water partition coefficient (Wildman–Crippen LogP) is 2.62. The first-order chi connectivity index (χ1) is 8.70. The Balaban J connectivity index is 1.96. The molecule has 0 amide bonds. The van der Waals surface area contributed by atoms with E-state index >= 15 is 0 Å². The minimum absolute atomic E-state index is 0.320. The van der Waals surface area contributed by atoms with E-state index in [1.807, 2.05) is 12.1 Å². The van der Waals surface area contributed by atoms with E-state index < -0.39 is 0 Å². The van der Waals surface area contributed by atoms with Crippen molar-refractivity contribution in [3.63, 3.8) is 0 Å². The normalized spacial score (nSPS) is 25.7. The quantitative estimate of drug-likeness (QED) is 0.861. The van der Waals surface area contributed by atoms with E-state index in [0.717, 1.165) is 18.6 Å². The molecule has 0 spiro atoms. The molecule has 3 heteroatoms. The number of ether oxygens (including phenoxy) is 1. The number of nitrogens with one attached hydrogen (secondary N) is 1. The van der Waals surface area contributed by atoms with Gasteiger partial charge in [0.1, 0.15) is 5.75 Å². The van der Waals surface area contributed by atoms with Crippen LogP contribution in [0.5, 0.6) is 5.75 Å². The fourth-order valence-electron chi connectivity index (χ4n) is 2.75. The van der Waals surface area contributed by atoms with Crippen molar-refractivity contribution in [2.75, 3.05) is 7.11 Å². The first kappa shape index (κ1) is 13.4. The van der Waals surface area contributed by atoms with Crippen LogP contribution < -0.4 is 15.8 Å². The zero-order valence-electron chi connectivity index (χ0n) is 11.4. The van der Waals surface area contributed by atoms with Crippen LogP contribution >= 0.6 is 0 Å². The second-order valence-electron chi connectivity index (χ2n) is 5.24. The Morgan fingerprint density at radius 1 is 1.22 bits per heavy atom. The highest BCUT2D eigenvalue weighted by molar-refractivity contribution is 5.35. The molecule has 0 aliphatic heterocycles. The summed E-state index contributed by atoms with van der Waals surface area (Å²) in [5, 5.41) is 3.69. The summed E-state index contributed by atoms with van der Waals surface area (Å²) in [6.45, 7) is 2.20. The van der Waals surface area contributed by atoms with Crippen molar-refractivity contribution in [2.24, 2.45) is 5.73 Å². The lowest BCUT2D eigenvalue weighted by Gasteiger charge is -2.30. The fourth-order valence-corrected chi connectivity index (χ4v) is 2.75. The van der Waals surface area contributed by atoms with Gasteiger partial charge in [-0.15, -0.1) is 0 Å². The largest absolute Gasteiger partial charge is 0.496 e. The van der Waals surface area contributed by atoms with Gasteiger partial charge in [0, 0.05) is 23.7 Å². The maximum Gasteiger partial charge on any atom is 0.123 e. The van der Waals surface area contributed by atoms with Crippen molar-refractivity contribution in [1.29, 1.82) is 0 Å². The standard InChI is InChI=1S/C15H24N2O/c1-11(14-5-3-4-6-15(14)18-2)17-13-9-7-12(16)8-10-13/h3-6,11-13,17H,7-10,16H2,1-2H3/t11-,12?,13?/m1/s1. The molecule has 1 atom stereocenters. The zero-order chi connectivity index (χ0) is 13.0. The molecule has 3 N–H and O–H groups in total. The molecule has 1 aromatic carbocycles. The maximum absolute atomic E-state index is 5.94. The van der Waals surface area contributed by atoms with Gasteiger partial charge in [-0.05, 0) is 38.7 Å². The van der Waals surface area contributed by atoms with Crippen molar-refractivity contribution in [3.8, 4) is 5.75 Å². The molecule has 0 saturated heterocycles. The van der Waals surface area contributed by atoms with Gasteiger partial charge in [-0.25, -0.2) is 0 Å². The number of rotatable bonds is 4. The summed E-state index contributed by atoms with van der Waals surface area (Å²) in [7, 11) is 1.73. The Hall–Kier alpha value is -1.06. The van der Waals surface area contributed by atoms with Crippen LogP contribution in [0.3, 0.4) is 0 Å². The van der Waals surface area contributed by atoms with Gasteiger partial charge in [0.15, 0.2) is 0 Å². The molecule has 0 aromatic heterocycles. The van der Waals surface area contributed by atoms with Gasteiger partial charge in [0.2, 0.25) is 0 Å². The topological polar surface area (TPSA) is 47.3 Å². The zero-order valence-corrected chi connectivity index (χ0v) is 11.4. The number of hydrogen-bond donors (Lipinski definition) is 2.